The summed E-state index contributed by atoms with van der Waals surface area (Å²) in [5.41, 5.74) is 6.63. The third kappa shape index (κ3) is 3.56. The van der Waals surface area contributed by atoms with Gasteiger partial charge in [0.25, 0.3) is 5.91 Å². The first-order valence-electron chi connectivity index (χ1n) is 7.87. The Labute approximate surface area is 133 Å². The Morgan fingerprint density at radius 2 is 1.55 bits per heavy atom. The first-order valence-corrected chi connectivity index (χ1v) is 7.87. The van der Waals surface area contributed by atoms with E-state index in [0.29, 0.717) is 0 Å². The van der Waals surface area contributed by atoms with Gasteiger partial charge in [-0.25, -0.2) is 0 Å². The average molecular weight is 295 g/mol. The van der Waals surface area contributed by atoms with E-state index in [1.54, 1.807) is 0 Å². The number of hydrogen-bond acceptors (Lipinski definition) is 1. The third-order valence-corrected chi connectivity index (χ3v) is 4.14. The van der Waals surface area contributed by atoms with Crippen LogP contribution in [0.1, 0.15) is 57.6 Å². The number of amides is 1. The smallest absolute Gasteiger partial charge is 0.252 e. The molecule has 1 amide bonds. The summed E-state index contributed by atoms with van der Waals surface area (Å²) >= 11 is 0. The first-order chi connectivity index (χ1) is 10.4. The molecule has 2 rings (SSSR count). The van der Waals surface area contributed by atoms with Crippen molar-refractivity contribution in [3.8, 4) is 0 Å². The van der Waals surface area contributed by atoms with Gasteiger partial charge >= 0.3 is 0 Å². The molecule has 0 fully saturated rings. The van der Waals surface area contributed by atoms with Crippen LogP contribution in [0.3, 0.4) is 0 Å². The molecule has 0 saturated carbocycles. The van der Waals surface area contributed by atoms with Crippen molar-refractivity contribution in [1.29, 1.82) is 0 Å². The predicted molar refractivity (Wildman–Crippen MR) is 92.3 cm³/mol. The van der Waals surface area contributed by atoms with Gasteiger partial charge in [0.15, 0.2) is 0 Å². The van der Waals surface area contributed by atoms with E-state index >= 15 is 0 Å². The van der Waals surface area contributed by atoms with Crippen LogP contribution in [0.15, 0.2) is 36.4 Å². The highest BCUT2D eigenvalue weighted by atomic mass is 16.1. The van der Waals surface area contributed by atoms with Crippen LogP contribution in [-0.4, -0.2) is 5.91 Å². The second-order valence-corrected chi connectivity index (χ2v) is 6.11. The van der Waals surface area contributed by atoms with E-state index in [9.17, 15) is 4.79 Å². The Balaban J connectivity index is 2.24. The van der Waals surface area contributed by atoms with Crippen LogP contribution in [0.25, 0.3) is 0 Å². The number of aryl methyl sites for hydroxylation is 4. The number of carbonyl (C=O) groups is 1. The van der Waals surface area contributed by atoms with Crippen molar-refractivity contribution in [2.75, 3.05) is 0 Å². The van der Waals surface area contributed by atoms with Gasteiger partial charge in [-0.3, -0.25) is 4.79 Å². The molecule has 1 N–H and O–H groups in total. The minimum absolute atomic E-state index is 0.00400. The van der Waals surface area contributed by atoms with Crippen LogP contribution in [0.2, 0.25) is 0 Å². The lowest BCUT2D eigenvalue weighted by atomic mass is 9.97. The molecule has 2 aromatic carbocycles. The number of carbonyl (C=O) groups excluding carboxylic acids is 1. The van der Waals surface area contributed by atoms with Gasteiger partial charge < -0.3 is 5.32 Å². The van der Waals surface area contributed by atoms with Crippen LogP contribution in [0, 0.1) is 27.7 Å². The monoisotopic (exact) mass is 295 g/mol. The van der Waals surface area contributed by atoms with Crippen molar-refractivity contribution >= 4 is 5.91 Å². The van der Waals surface area contributed by atoms with E-state index < -0.39 is 0 Å². The van der Waals surface area contributed by atoms with Gasteiger partial charge in [-0.1, -0.05) is 48.4 Å². The maximum atomic E-state index is 12.6. The summed E-state index contributed by atoms with van der Waals surface area (Å²) in [5.74, 6) is 0.00400. The molecule has 0 heterocycles. The average Bonchev–Trinajstić information content (AvgIpc) is 2.45. The number of nitrogens with one attached hydrogen (secondary N) is 1. The van der Waals surface area contributed by atoms with Gasteiger partial charge in [0.2, 0.25) is 0 Å². The van der Waals surface area contributed by atoms with Gasteiger partial charge in [0, 0.05) is 5.56 Å². The van der Waals surface area contributed by atoms with E-state index in [4.69, 9.17) is 0 Å². The molecular weight excluding hydrogens is 270 g/mol. The summed E-state index contributed by atoms with van der Waals surface area (Å²) in [5, 5.41) is 3.18. The third-order valence-electron chi connectivity index (χ3n) is 4.14. The van der Waals surface area contributed by atoms with Gasteiger partial charge in [0.1, 0.15) is 0 Å². The molecule has 0 saturated heterocycles. The molecule has 0 spiro atoms. The fraction of sp³-hybridized carbons (Fsp3) is 0.350. The summed E-state index contributed by atoms with van der Waals surface area (Å²) in [6.07, 6.45) is 0.876. The quantitative estimate of drug-likeness (QED) is 0.862. The fourth-order valence-electron chi connectivity index (χ4n) is 2.92. The molecule has 0 aliphatic rings. The van der Waals surface area contributed by atoms with E-state index in [1.807, 2.05) is 32.0 Å². The molecule has 1 unspecified atom stereocenters. The van der Waals surface area contributed by atoms with Crippen molar-refractivity contribution < 1.29 is 4.79 Å². The molecule has 1 atom stereocenters. The van der Waals surface area contributed by atoms with Crippen LogP contribution in [0.4, 0.5) is 0 Å². The van der Waals surface area contributed by atoms with E-state index in [-0.39, 0.29) is 11.9 Å². The normalized spacial score (nSPS) is 12.0. The fourth-order valence-corrected chi connectivity index (χ4v) is 2.92. The predicted octanol–water partition coefficient (Wildman–Crippen LogP) is 4.80. The summed E-state index contributed by atoms with van der Waals surface area (Å²) in [6, 6.07) is 12.4. The Bertz CT molecular complexity index is 688. The summed E-state index contributed by atoms with van der Waals surface area (Å²) in [4.78, 5) is 12.6. The lowest BCUT2D eigenvalue weighted by Gasteiger charge is -2.20. The van der Waals surface area contributed by atoms with Crippen molar-refractivity contribution in [2.24, 2.45) is 0 Å². The number of hydrogen-bond donors (Lipinski definition) is 1. The summed E-state index contributed by atoms with van der Waals surface area (Å²) in [7, 11) is 0. The Morgan fingerprint density at radius 1 is 0.955 bits per heavy atom. The van der Waals surface area contributed by atoms with Gasteiger partial charge in [0.05, 0.1) is 6.04 Å². The highest BCUT2D eigenvalue weighted by molar-refractivity contribution is 5.96. The molecule has 2 heteroatoms. The molecule has 0 aromatic heterocycles. The first kappa shape index (κ1) is 16.3. The largest absolute Gasteiger partial charge is 0.345 e. The van der Waals surface area contributed by atoms with Crippen molar-refractivity contribution in [3.05, 3.63) is 69.8 Å². The van der Waals surface area contributed by atoms with Crippen LogP contribution in [0.5, 0.6) is 0 Å². The van der Waals surface area contributed by atoms with Crippen molar-refractivity contribution in [1.82, 2.24) is 5.32 Å². The Hall–Kier alpha value is -2.09. The highest BCUT2D eigenvalue weighted by Crippen LogP contribution is 2.22. The molecule has 0 aliphatic carbocycles. The molecular formula is C20H25NO. The number of benzene rings is 2. The van der Waals surface area contributed by atoms with E-state index in [1.165, 1.54) is 22.3 Å². The zero-order valence-corrected chi connectivity index (χ0v) is 14.2. The second kappa shape index (κ2) is 6.78. The number of rotatable bonds is 4. The Morgan fingerprint density at radius 3 is 2.09 bits per heavy atom. The maximum Gasteiger partial charge on any atom is 0.252 e. The molecule has 0 radical (unpaired) electrons. The Kier molecular flexibility index (Phi) is 5.02. The zero-order chi connectivity index (χ0) is 16.3. The van der Waals surface area contributed by atoms with E-state index in [0.717, 1.165) is 17.5 Å². The summed E-state index contributed by atoms with van der Waals surface area (Å²) < 4.78 is 0. The SMILES string of the molecule is CCC(NC(=O)c1ccc(C)cc1C)c1ccc(C)cc1C. The molecule has 2 aromatic rings. The van der Waals surface area contributed by atoms with Crippen molar-refractivity contribution in [2.45, 2.75) is 47.1 Å². The van der Waals surface area contributed by atoms with Gasteiger partial charge in [-0.2, -0.15) is 0 Å². The van der Waals surface area contributed by atoms with Gasteiger partial charge in [-0.15, -0.1) is 0 Å². The van der Waals surface area contributed by atoms with Crippen LogP contribution >= 0.6 is 0 Å². The summed E-state index contributed by atoms with van der Waals surface area (Å²) in [6.45, 7) is 10.3. The molecule has 2 nitrogen and oxygen atoms in total. The lowest BCUT2D eigenvalue weighted by Crippen LogP contribution is -2.29. The van der Waals surface area contributed by atoms with E-state index in [2.05, 4.69) is 44.3 Å². The van der Waals surface area contributed by atoms with Crippen LogP contribution < -0.4 is 5.32 Å². The topological polar surface area (TPSA) is 29.1 Å². The molecule has 0 bridgehead atoms. The minimum atomic E-state index is 0.00400. The molecule has 116 valence electrons. The van der Waals surface area contributed by atoms with Gasteiger partial charge in [-0.05, 0) is 56.9 Å². The molecule has 0 aliphatic heterocycles. The lowest BCUT2D eigenvalue weighted by molar-refractivity contribution is 0.0935. The minimum Gasteiger partial charge on any atom is -0.345 e. The molecule has 22 heavy (non-hydrogen) atoms. The van der Waals surface area contributed by atoms with Crippen LogP contribution in [-0.2, 0) is 0 Å². The second-order valence-electron chi connectivity index (χ2n) is 6.11. The highest BCUT2D eigenvalue weighted by Gasteiger charge is 2.17. The van der Waals surface area contributed by atoms with Crippen molar-refractivity contribution in [3.63, 3.8) is 0 Å². The maximum absolute atomic E-state index is 12.6. The zero-order valence-electron chi connectivity index (χ0n) is 14.2. The standard InChI is InChI=1S/C20H25NO/c1-6-19(17-9-7-13(2)11-15(17)4)21-20(22)18-10-8-14(3)12-16(18)5/h7-12,19H,6H2,1-5H3,(H,21,22).